The topological polar surface area (TPSA) is 86.7 Å². The summed E-state index contributed by atoms with van der Waals surface area (Å²) in [5, 5.41) is 10.6. The number of aromatic carboxylic acids is 1. The predicted octanol–water partition coefficient (Wildman–Crippen LogP) is 3.46. The number of nitrogens with one attached hydrogen (secondary N) is 1. The number of carboxylic acid groups (broad SMARTS) is 1. The first-order chi connectivity index (χ1) is 11.5. The minimum absolute atomic E-state index is 0.145. The van der Waals surface area contributed by atoms with Gasteiger partial charge in [-0.1, -0.05) is 18.7 Å². The third kappa shape index (κ3) is 3.75. The number of thioether (sulfide) groups is 1. The van der Waals surface area contributed by atoms with Gasteiger partial charge in [0.25, 0.3) is 11.1 Å². The normalized spacial score (nSPS) is 18.3. The van der Waals surface area contributed by atoms with Gasteiger partial charge < -0.3 is 10.4 Å². The van der Waals surface area contributed by atoms with Gasteiger partial charge in [-0.3, -0.25) is 9.59 Å². The van der Waals surface area contributed by atoms with Crippen molar-refractivity contribution in [3.63, 3.8) is 0 Å². The molecule has 24 heavy (non-hydrogen) atoms. The number of anilines is 1. The van der Waals surface area contributed by atoms with Gasteiger partial charge in [-0.2, -0.15) is 0 Å². The fourth-order valence-corrected chi connectivity index (χ4v) is 2.93. The Hall–Kier alpha value is -2.80. The molecule has 0 spiro atoms. The van der Waals surface area contributed by atoms with E-state index in [1.807, 2.05) is 6.92 Å². The number of nitrogens with zero attached hydrogens (tertiary/aromatic N) is 1. The van der Waals surface area contributed by atoms with Crippen molar-refractivity contribution < 1.29 is 19.5 Å². The number of carboxylic acids is 1. The molecule has 0 saturated carbocycles. The van der Waals surface area contributed by atoms with E-state index >= 15 is 0 Å². The van der Waals surface area contributed by atoms with Gasteiger partial charge >= 0.3 is 5.97 Å². The molecule has 2 N–H and O–H groups in total. The molecular weight excluding hydrogens is 328 g/mol. The lowest BCUT2D eigenvalue weighted by atomic mass is 10.2. The molecule has 1 aromatic rings. The van der Waals surface area contributed by atoms with Crippen LogP contribution in [0.3, 0.4) is 0 Å². The van der Waals surface area contributed by atoms with E-state index in [9.17, 15) is 14.4 Å². The molecule has 2 amide bonds. The fraction of sp³-hybridized carbons (Fsp3) is 0.118. The van der Waals surface area contributed by atoms with Gasteiger partial charge in [0.2, 0.25) is 0 Å². The van der Waals surface area contributed by atoms with E-state index in [0.29, 0.717) is 11.4 Å². The third-order valence-corrected chi connectivity index (χ3v) is 4.14. The highest BCUT2D eigenvalue weighted by Crippen LogP contribution is 2.31. The Balaban J connectivity index is 2.16. The van der Waals surface area contributed by atoms with Gasteiger partial charge in [0.05, 0.1) is 11.3 Å². The van der Waals surface area contributed by atoms with E-state index in [-0.39, 0.29) is 5.56 Å². The van der Waals surface area contributed by atoms with Crippen molar-refractivity contribution in [1.29, 1.82) is 0 Å². The van der Waals surface area contributed by atoms with Crippen molar-refractivity contribution >= 4 is 34.6 Å². The van der Waals surface area contributed by atoms with Gasteiger partial charge in [-0.25, -0.2) is 9.69 Å². The highest BCUT2D eigenvalue weighted by molar-refractivity contribution is 8.15. The van der Waals surface area contributed by atoms with Crippen LogP contribution in [0, 0.1) is 0 Å². The zero-order valence-corrected chi connectivity index (χ0v) is 13.7. The highest BCUT2D eigenvalue weighted by atomic mass is 32.2. The number of hydrogen-bond acceptors (Lipinski definition) is 5. The van der Waals surface area contributed by atoms with Crippen LogP contribution in [-0.4, -0.2) is 32.5 Å². The Morgan fingerprint density at radius 3 is 2.54 bits per heavy atom. The zero-order valence-electron chi connectivity index (χ0n) is 12.9. The summed E-state index contributed by atoms with van der Waals surface area (Å²) in [6, 6.07) is 5.95. The molecule has 7 heteroatoms. The number of allylic oxidation sites excluding steroid dienone is 4. The average molecular weight is 344 g/mol. The van der Waals surface area contributed by atoms with Crippen LogP contribution < -0.4 is 5.32 Å². The van der Waals surface area contributed by atoms with Crippen LogP contribution in [0.15, 0.2) is 60.8 Å². The van der Waals surface area contributed by atoms with Crippen molar-refractivity contribution in [2.45, 2.75) is 12.3 Å². The maximum absolute atomic E-state index is 12.5. The maximum atomic E-state index is 12.5. The second-order valence-corrected chi connectivity index (χ2v) is 5.84. The lowest BCUT2D eigenvalue weighted by Gasteiger charge is -2.15. The molecule has 0 aliphatic carbocycles. The van der Waals surface area contributed by atoms with E-state index < -0.39 is 22.5 Å². The summed E-state index contributed by atoms with van der Waals surface area (Å²) >= 11 is 0.862. The lowest BCUT2D eigenvalue weighted by molar-refractivity contribution is -0.124. The first-order valence-electron chi connectivity index (χ1n) is 7.07. The molecule has 1 aliphatic heterocycles. The number of carbonyl (C=O) groups excluding carboxylic acids is 2. The van der Waals surface area contributed by atoms with Crippen LogP contribution in [0.5, 0.6) is 0 Å². The molecule has 1 aliphatic rings. The summed E-state index contributed by atoms with van der Waals surface area (Å²) in [4.78, 5) is 36.5. The van der Waals surface area contributed by atoms with Gasteiger partial charge in [0.1, 0.15) is 0 Å². The number of rotatable bonds is 6. The smallest absolute Gasteiger partial charge is 0.335 e. The molecule has 1 fully saturated rings. The quantitative estimate of drug-likeness (QED) is 0.769. The van der Waals surface area contributed by atoms with E-state index in [0.717, 1.165) is 16.7 Å². The summed E-state index contributed by atoms with van der Waals surface area (Å²) in [7, 11) is 0. The molecule has 124 valence electrons. The summed E-state index contributed by atoms with van der Waals surface area (Å²) in [5.41, 5.74) is 1.10. The van der Waals surface area contributed by atoms with Crippen LogP contribution in [-0.2, 0) is 4.79 Å². The highest BCUT2D eigenvalue weighted by Gasteiger charge is 2.40. The summed E-state index contributed by atoms with van der Waals surface area (Å²) < 4.78 is 0. The molecule has 0 unspecified atom stereocenters. The van der Waals surface area contributed by atoms with E-state index in [1.54, 1.807) is 30.4 Å². The Morgan fingerprint density at radius 1 is 1.33 bits per heavy atom. The Kier molecular flexibility index (Phi) is 5.59. The molecule has 6 nitrogen and oxygen atoms in total. The first-order valence-corrected chi connectivity index (χ1v) is 7.95. The molecule has 1 aromatic carbocycles. The molecule has 1 atom stereocenters. The molecule has 1 heterocycles. The minimum atomic E-state index is -1.03. The van der Waals surface area contributed by atoms with Crippen LogP contribution in [0.4, 0.5) is 10.5 Å². The van der Waals surface area contributed by atoms with Crippen LogP contribution in [0.2, 0.25) is 0 Å². The molecule has 0 aromatic heterocycles. The van der Waals surface area contributed by atoms with E-state index in [2.05, 4.69) is 11.9 Å². The lowest BCUT2D eigenvalue weighted by Crippen LogP contribution is -2.33. The first kappa shape index (κ1) is 17.6. The van der Waals surface area contributed by atoms with Crippen LogP contribution in [0.1, 0.15) is 17.3 Å². The second-order valence-electron chi connectivity index (χ2n) is 4.79. The van der Waals surface area contributed by atoms with Crippen LogP contribution in [0.25, 0.3) is 0 Å². The third-order valence-electron chi connectivity index (χ3n) is 3.20. The summed E-state index contributed by atoms with van der Waals surface area (Å²) in [6.45, 7) is 5.45. The SMILES string of the molecule is C=C/C(=C\C=C\C)N1C(=O)S[C@@H](Nc2ccc(C(=O)O)cc2)C1=O. The van der Waals surface area contributed by atoms with Crippen LogP contribution >= 0.6 is 11.8 Å². The minimum Gasteiger partial charge on any atom is -0.478 e. The Labute approximate surface area is 143 Å². The number of benzene rings is 1. The molecular formula is C17H16N2O4S. The fourth-order valence-electron chi connectivity index (χ4n) is 2.02. The van der Waals surface area contributed by atoms with Crippen molar-refractivity contribution in [3.05, 3.63) is 66.4 Å². The zero-order chi connectivity index (χ0) is 17.7. The largest absolute Gasteiger partial charge is 0.478 e. The predicted molar refractivity (Wildman–Crippen MR) is 93.7 cm³/mol. The number of carbonyl (C=O) groups is 3. The summed E-state index contributed by atoms with van der Waals surface area (Å²) in [5.74, 6) is -1.43. The van der Waals surface area contributed by atoms with Crippen molar-refractivity contribution in [1.82, 2.24) is 4.90 Å². The van der Waals surface area contributed by atoms with Crippen molar-refractivity contribution in [2.24, 2.45) is 0 Å². The van der Waals surface area contributed by atoms with Crippen molar-refractivity contribution in [2.75, 3.05) is 5.32 Å². The number of amides is 2. The van der Waals surface area contributed by atoms with Gasteiger partial charge in [-0.15, -0.1) is 0 Å². The van der Waals surface area contributed by atoms with Gasteiger partial charge in [0, 0.05) is 5.69 Å². The van der Waals surface area contributed by atoms with Crippen molar-refractivity contribution in [3.8, 4) is 0 Å². The second kappa shape index (κ2) is 7.65. The standard InChI is InChI=1S/C17H16N2O4S/c1-3-5-6-13(4-2)19-15(20)14(24-17(19)23)18-12-9-7-11(8-10-12)16(21)22/h3-10,14,18H,2H2,1H3,(H,21,22)/b5-3+,13-6+/t14-/m1/s1. The van der Waals surface area contributed by atoms with E-state index in [4.69, 9.17) is 5.11 Å². The Morgan fingerprint density at radius 2 is 2.00 bits per heavy atom. The van der Waals surface area contributed by atoms with Gasteiger partial charge in [-0.05, 0) is 55.1 Å². The maximum Gasteiger partial charge on any atom is 0.335 e. The molecule has 1 saturated heterocycles. The van der Waals surface area contributed by atoms with E-state index in [1.165, 1.54) is 18.2 Å². The van der Waals surface area contributed by atoms with Gasteiger partial charge in [0.15, 0.2) is 5.37 Å². The molecule has 0 bridgehead atoms. The average Bonchev–Trinajstić information content (AvgIpc) is 2.83. The Bertz CT molecular complexity index is 737. The molecule has 2 rings (SSSR count). The number of hydrogen-bond donors (Lipinski definition) is 2. The monoisotopic (exact) mass is 344 g/mol. The summed E-state index contributed by atoms with van der Waals surface area (Å²) in [6.07, 6.45) is 6.57. The number of imide groups is 1. The molecule has 0 radical (unpaired) electrons.